The fraction of sp³-hybridized carbons (Fsp3) is 0.278. The number of methoxy groups -OCH3 is 2. The van der Waals surface area contributed by atoms with Gasteiger partial charge in [-0.2, -0.15) is 0 Å². The first-order chi connectivity index (χ1) is 23.1. The van der Waals surface area contributed by atoms with Crippen LogP contribution < -0.4 is 19.1 Å². The van der Waals surface area contributed by atoms with Crippen LogP contribution in [0.2, 0.25) is 10.0 Å². The normalized spacial score (nSPS) is 12.2. The van der Waals surface area contributed by atoms with E-state index >= 15 is 0 Å². The van der Waals surface area contributed by atoms with E-state index in [1.165, 1.54) is 49.5 Å². The summed E-state index contributed by atoms with van der Waals surface area (Å²) in [7, 11) is -1.72. The van der Waals surface area contributed by atoms with E-state index in [4.69, 9.17) is 32.7 Å². The number of carbonyl (C=O) groups excluding carboxylic acids is 2. The third kappa shape index (κ3) is 9.44. The molecule has 0 saturated carbocycles. The lowest BCUT2D eigenvalue weighted by atomic mass is 10.0. The molecular formula is C36H38Cl2FN3O6S. The molecule has 0 aromatic heterocycles. The van der Waals surface area contributed by atoms with Crippen molar-refractivity contribution in [2.24, 2.45) is 0 Å². The minimum Gasteiger partial charge on any atom is -0.493 e. The highest BCUT2D eigenvalue weighted by Gasteiger charge is 2.36. The van der Waals surface area contributed by atoms with Crippen molar-refractivity contribution in [2.45, 2.75) is 50.2 Å². The van der Waals surface area contributed by atoms with E-state index in [1.807, 2.05) is 51.1 Å². The van der Waals surface area contributed by atoms with Crippen molar-refractivity contribution < 1.29 is 31.9 Å². The molecule has 49 heavy (non-hydrogen) atoms. The quantitative estimate of drug-likeness (QED) is 0.161. The van der Waals surface area contributed by atoms with E-state index in [0.29, 0.717) is 11.3 Å². The Kier molecular flexibility index (Phi) is 12.2. The van der Waals surface area contributed by atoms with Crippen LogP contribution in [0, 0.1) is 5.82 Å². The molecule has 0 aliphatic carbocycles. The Hall–Kier alpha value is -4.32. The predicted octanol–water partition coefficient (Wildman–Crippen LogP) is 6.90. The largest absolute Gasteiger partial charge is 0.493 e. The molecule has 0 saturated heterocycles. The average Bonchev–Trinajstić information content (AvgIpc) is 3.06. The van der Waals surface area contributed by atoms with Crippen LogP contribution in [0.15, 0.2) is 95.9 Å². The van der Waals surface area contributed by atoms with E-state index in [0.717, 1.165) is 22.0 Å². The lowest BCUT2D eigenvalue weighted by molar-refractivity contribution is -0.140. The molecule has 0 fully saturated rings. The molecule has 4 rings (SSSR count). The second kappa shape index (κ2) is 15.9. The van der Waals surface area contributed by atoms with Crippen LogP contribution >= 0.6 is 23.2 Å². The van der Waals surface area contributed by atoms with Gasteiger partial charge in [0, 0.05) is 40.2 Å². The first-order valence-corrected chi connectivity index (χ1v) is 17.4. The highest BCUT2D eigenvalue weighted by atomic mass is 35.5. The molecule has 0 bridgehead atoms. The number of sulfonamides is 1. The van der Waals surface area contributed by atoms with Crippen molar-refractivity contribution in [3.8, 4) is 11.5 Å². The van der Waals surface area contributed by atoms with Gasteiger partial charge in [0.05, 0.1) is 24.8 Å². The summed E-state index contributed by atoms with van der Waals surface area (Å²) in [6, 6.07) is 21.6. The molecular weight excluding hydrogens is 692 g/mol. The number of nitrogens with zero attached hydrogens (tertiary/aromatic N) is 2. The summed E-state index contributed by atoms with van der Waals surface area (Å²) in [6.45, 7) is 4.45. The Morgan fingerprint density at radius 1 is 0.857 bits per heavy atom. The number of benzene rings is 4. The van der Waals surface area contributed by atoms with Crippen LogP contribution in [-0.2, 0) is 32.6 Å². The second-order valence-electron chi connectivity index (χ2n) is 12.2. The molecule has 13 heteroatoms. The van der Waals surface area contributed by atoms with Crippen molar-refractivity contribution in [3.05, 3.63) is 118 Å². The highest BCUT2D eigenvalue weighted by Crippen LogP contribution is 2.33. The molecule has 260 valence electrons. The van der Waals surface area contributed by atoms with Crippen molar-refractivity contribution in [2.75, 3.05) is 25.1 Å². The Morgan fingerprint density at radius 2 is 1.47 bits per heavy atom. The van der Waals surface area contributed by atoms with Gasteiger partial charge in [-0.05, 0) is 74.9 Å². The number of ether oxygens (including phenoxy) is 2. The number of halogens is 3. The van der Waals surface area contributed by atoms with Crippen LogP contribution in [0.3, 0.4) is 0 Å². The number of nitrogens with one attached hydrogen (secondary N) is 1. The maximum atomic E-state index is 14.7. The second-order valence-corrected chi connectivity index (χ2v) is 14.8. The summed E-state index contributed by atoms with van der Waals surface area (Å²) in [5.41, 5.74) is 0.475. The Bertz CT molecular complexity index is 1870. The van der Waals surface area contributed by atoms with Gasteiger partial charge in [0.1, 0.15) is 18.4 Å². The Balaban J connectivity index is 1.87. The number of carbonyl (C=O) groups is 2. The highest BCUT2D eigenvalue weighted by molar-refractivity contribution is 7.92. The topological polar surface area (TPSA) is 105 Å². The molecule has 4 aromatic carbocycles. The van der Waals surface area contributed by atoms with Crippen LogP contribution in [0.5, 0.6) is 11.5 Å². The van der Waals surface area contributed by atoms with Crippen LogP contribution in [0.4, 0.5) is 10.1 Å². The lowest BCUT2D eigenvalue weighted by Gasteiger charge is -2.35. The van der Waals surface area contributed by atoms with Crippen molar-refractivity contribution in [1.29, 1.82) is 0 Å². The standard InChI is InChI=1S/C36H38Cl2FN3O6S/c1-36(2,3)40-35(44)31(20-24-10-7-6-8-11-24)41(22-28-29(37)12-9-13-30(28)38)34(43)23-42(26-16-14-25(39)15-17-26)49(45,46)27-18-19-32(47-4)33(21-27)48-5/h6-19,21,31H,20,22-23H2,1-5H3,(H,40,44). The maximum Gasteiger partial charge on any atom is 0.264 e. The molecule has 2 amide bonds. The van der Waals surface area contributed by atoms with Crippen LogP contribution in [0.1, 0.15) is 31.9 Å². The van der Waals surface area contributed by atoms with Gasteiger partial charge in [-0.25, -0.2) is 12.8 Å². The van der Waals surface area contributed by atoms with Gasteiger partial charge < -0.3 is 19.7 Å². The van der Waals surface area contributed by atoms with Crippen molar-refractivity contribution in [1.82, 2.24) is 10.2 Å². The van der Waals surface area contributed by atoms with Crippen LogP contribution in [-0.4, -0.2) is 57.5 Å². The van der Waals surface area contributed by atoms with E-state index in [-0.39, 0.29) is 39.3 Å². The van der Waals surface area contributed by atoms with Gasteiger partial charge >= 0.3 is 0 Å². The van der Waals surface area contributed by atoms with Gasteiger partial charge in [0.15, 0.2) is 11.5 Å². The summed E-state index contributed by atoms with van der Waals surface area (Å²) >= 11 is 13.1. The minimum atomic E-state index is -4.50. The van der Waals surface area contributed by atoms with Gasteiger partial charge in [-0.3, -0.25) is 13.9 Å². The zero-order valence-corrected chi connectivity index (χ0v) is 30.1. The average molecular weight is 731 g/mol. The monoisotopic (exact) mass is 729 g/mol. The van der Waals surface area contributed by atoms with Crippen LogP contribution in [0.25, 0.3) is 0 Å². The summed E-state index contributed by atoms with van der Waals surface area (Å²) < 4.78 is 54.2. The van der Waals surface area contributed by atoms with Gasteiger partial charge in [0.25, 0.3) is 10.0 Å². The molecule has 0 aliphatic rings. The third-order valence-corrected chi connectivity index (χ3v) is 9.97. The van der Waals surface area contributed by atoms with Crippen molar-refractivity contribution in [3.63, 3.8) is 0 Å². The maximum absolute atomic E-state index is 14.7. The minimum absolute atomic E-state index is 0.0130. The number of rotatable bonds is 13. The van der Waals surface area contributed by atoms with E-state index in [2.05, 4.69) is 5.32 Å². The first kappa shape index (κ1) is 37.5. The lowest BCUT2D eigenvalue weighted by Crippen LogP contribution is -2.56. The van der Waals surface area contributed by atoms with E-state index < -0.39 is 45.8 Å². The van der Waals surface area contributed by atoms with E-state index in [9.17, 15) is 22.4 Å². The zero-order valence-electron chi connectivity index (χ0n) is 27.7. The first-order valence-electron chi connectivity index (χ1n) is 15.2. The van der Waals surface area contributed by atoms with Gasteiger partial charge in [0.2, 0.25) is 11.8 Å². The Labute approximate surface area is 296 Å². The summed E-state index contributed by atoms with van der Waals surface area (Å²) in [6.07, 6.45) is 0.0928. The summed E-state index contributed by atoms with van der Waals surface area (Å²) in [5, 5.41) is 3.48. The third-order valence-electron chi connectivity index (χ3n) is 7.50. The number of hydrogen-bond donors (Lipinski definition) is 1. The summed E-state index contributed by atoms with van der Waals surface area (Å²) in [5.74, 6) is -1.37. The van der Waals surface area contributed by atoms with Crippen molar-refractivity contribution >= 4 is 50.7 Å². The number of anilines is 1. The van der Waals surface area contributed by atoms with E-state index in [1.54, 1.807) is 18.2 Å². The molecule has 1 unspecified atom stereocenters. The molecule has 4 aromatic rings. The number of hydrogen-bond acceptors (Lipinski definition) is 6. The smallest absolute Gasteiger partial charge is 0.264 e. The van der Waals surface area contributed by atoms with Gasteiger partial charge in [-0.1, -0.05) is 59.6 Å². The molecule has 9 nitrogen and oxygen atoms in total. The SMILES string of the molecule is COc1ccc(S(=O)(=O)N(CC(=O)N(Cc2c(Cl)cccc2Cl)C(Cc2ccccc2)C(=O)NC(C)(C)C)c2ccc(F)cc2)cc1OC. The molecule has 1 atom stereocenters. The zero-order chi connectivity index (χ0) is 35.9. The Morgan fingerprint density at radius 3 is 2.04 bits per heavy atom. The molecule has 1 N–H and O–H groups in total. The predicted molar refractivity (Wildman–Crippen MR) is 189 cm³/mol. The summed E-state index contributed by atoms with van der Waals surface area (Å²) in [4.78, 5) is 29.8. The molecule has 0 heterocycles. The molecule has 0 spiro atoms. The fourth-order valence-corrected chi connectivity index (χ4v) is 7.05. The number of amides is 2. The fourth-order valence-electron chi connectivity index (χ4n) is 5.10. The van der Waals surface area contributed by atoms with Gasteiger partial charge in [-0.15, -0.1) is 0 Å². The molecule has 0 radical (unpaired) electrons. The molecule has 0 aliphatic heterocycles.